The van der Waals surface area contributed by atoms with Crippen molar-refractivity contribution in [1.82, 2.24) is 4.72 Å². The van der Waals surface area contributed by atoms with Gasteiger partial charge in [-0.1, -0.05) is 23.7 Å². The summed E-state index contributed by atoms with van der Waals surface area (Å²) in [6.45, 7) is 1.08. The third-order valence-electron chi connectivity index (χ3n) is 4.96. The summed E-state index contributed by atoms with van der Waals surface area (Å²) in [6.07, 6.45) is 3.28. The number of rotatable bonds is 4. The fourth-order valence-electron chi connectivity index (χ4n) is 3.38. The van der Waals surface area contributed by atoms with Gasteiger partial charge in [-0.3, -0.25) is 0 Å². The van der Waals surface area contributed by atoms with Crippen LogP contribution in [0.4, 0.5) is 0 Å². The largest absolute Gasteiger partial charge is 0.490 e. The molecule has 2 aliphatic rings. The Morgan fingerprint density at radius 1 is 0.923 bits per heavy atom. The Morgan fingerprint density at radius 3 is 2.27 bits per heavy atom. The van der Waals surface area contributed by atoms with Crippen molar-refractivity contribution in [3.8, 4) is 11.5 Å². The van der Waals surface area contributed by atoms with E-state index in [4.69, 9.17) is 21.1 Å². The van der Waals surface area contributed by atoms with Crippen LogP contribution in [0.15, 0.2) is 47.4 Å². The predicted octanol–water partition coefficient (Wildman–Crippen LogP) is 3.86. The van der Waals surface area contributed by atoms with Gasteiger partial charge in [-0.05, 0) is 49.1 Å². The molecule has 2 aromatic carbocycles. The van der Waals surface area contributed by atoms with Gasteiger partial charge in [0.25, 0.3) is 0 Å². The number of sulfonamides is 1. The van der Waals surface area contributed by atoms with Gasteiger partial charge in [0.15, 0.2) is 11.5 Å². The van der Waals surface area contributed by atoms with Crippen LogP contribution in [0, 0.1) is 0 Å². The Balaban J connectivity index is 1.64. The summed E-state index contributed by atoms with van der Waals surface area (Å²) < 4.78 is 40.1. The van der Waals surface area contributed by atoms with Crippen molar-refractivity contribution < 1.29 is 17.9 Å². The maximum atomic E-state index is 13.0. The molecule has 0 saturated heterocycles. The smallest absolute Gasteiger partial charge is 0.241 e. The van der Waals surface area contributed by atoms with Crippen LogP contribution >= 0.6 is 11.6 Å². The zero-order valence-corrected chi connectivity index (χ0v) is 15.8. The molecule has 1 N–H and O–H groups in total. The van der Waals surface area contributed by atoms with E-state index in [0.717, 1.165) is 31.2 Å². The molecule has 1 aliphatic heterocycles. The van der Waals surface area contributed by atoms with Crippen molar-refractivity contribution in [2.75, 3.05) is 13.2 Å². The van der Waals surface area contributed by atoms with Gasteiger partial charge < -0.3 is 9.47 Å². The molecule has 4 rings (SSSR count). The molecule has 0 spiro atoms. The Labute approximate surface area is 158 Å². The topological polar surface area (TPSA) is 64.6 Å². The van der Waals surface area contributed by atoms with Gasteiger partial charge >= 0.3 is 0 Å². The van der Waals surface area contributed by atoms with Crippen LogP contribution < -0.4 is 14.2 Å². The van der Waals surface area contributed by atoms with Crippen molar-refractivity contribution in [1.29, 1.82) is 0 Å². The average Bonchev–Trinajstić information content (AvgIpc) is 2.84. The molecule has 0 amide bonds. The van der Waals surface area contributed by atoms with Crippen LogP contribution in [0.25, 0.3) is 0 Å². The molecule has 1 saturated carbocycles. The summed E-state index contributed by atoms with van der Waals surface area (Å²) in [4.78, 5) is 0.182. The molecule has 26 heavy (non-hydrogen) atoms. The van der Waals surface area contributed by atoms with E-state index in [1.807, 2.05) is 12.1 Å². The van der Waals surface area contributed by atoms with E-state index in [-0.39, 0.29) is 4.90 Å². The Morgan fingerprint density at radius 2 is 1.62 bits per heavy atom. The number of ether oxygens (including phenoxy) is 2. The number of hydrogen-bond donors (Lipinski definition) is 1. The van der Waals surface area contributed by atoms with Crippen molar-refractivity contribution in [3.63, 3.8) is 0 Å². The zero-order chi connectivity index (χ0) is 18.2. The summed E-state index contributed by atoms with van der Waals surface area (Å²) in [5.41, 5.74) is 0.360. The highest BCUT2D eigenvalue weighted by molar-refractivity contribution is 7.89. The van der Waals surface area contributed by atoms with E-state index in [0.29, 0.717) is 29.7 Å². The summed E-state index contributed by atoms with van der Waals surface area (Å²) in [7, 11) is -3.70. The molecule has 5 nitrogen and oxygen atoms in total. The lowest BCUT2D eigenvalue weighted by Crippen LogP contribution is -2.50. The number of benzene rings is 2. The quantitative estimate of drug-likeness (QED) is 0.856. The molecular formula is C19H20ClNO4S. The van der Waals surface area contributed by atoms with Crippen LogP contribution in [0.5, 0.6) is 11.5 Å². The highest BCUT2D eigenvalue weighted by Crippen LogP contribution is 2.43. The first-order chi connectivity index (χ1) is 12.5. The second-order valence-electron chi connectivity index (χ2n) is 6.71. The molecule has 0 atom stereocenters. The molecule has 0 bridgehead atoms. The average molecular weight is 394 g/mol. The fourth-order valence-corrected chi connectivity index (χ4v) is 4.97. The van der Waals surface area contributed by atoms with Crippen LogP contribution in [0.1, 0.15) is 31.2 Å². The Bertz CT molecular complexity index is 908. The van der Waals surface area contributed by atoms with E-state index in [2.05, 4.69) is 4.72 Å². The molecule has 1 fully saturated rings. The molecule has 7 heteroatoms. The second-order valence-corrected chi connectivity index (χ2v) is 8.83. The summed E-state index contributed by atoms with van der Waals surface area (Å²) in [6, 6.07) is 12.1. The van der Waals surface area contributed by atoms with Gasteiger partial charge in [0.05, 0.1) is 23.6 Å². The third-order valence-corrected chi connectivity index (χ3v) is 6.75. The lowest BCUT2D eigenvalue weighted by Gasteiger charge is -2.42. The molecule has 1 heterocycles. The minimum Gasteiger partial charge on any atom is -0.490 e. The Hall–Kier alpha value is -1.76. The Kier molecular flexibility index (Phi) is 4.59. The SMILES string of the molecule is O=S(=O)(NC1(c2ccc(Cl)cc2)CCC1)c1ccc2c(c1)OCCCO2. The van der Waals surface area contributed by atoms with Gasteiger partial charge in [0, 0.05) is 17.5 Å². The summed E-state index contributed by atoms with van der Waals surface area (Å²) in [5.74, 6) is 1.05. The van der Waals surface area contributed by atoms with Crippen LogP contribution in [0.3, 0.4) is 0 Å². The molecular weight excluding hydrogens is 374 g/mol. The minimum atomic E-state index is -3.70. The number of fused-ring (bicyclic) bond motifs is 1. The second kappa shape index (κ2) is 6.76. The zero-order valence-electron chi connectivity index (χ0n) is 14.2. The van der Waals surface area contributed by atoms with Crippen molar-refractivity contribution in [3.05, 3.63) is 53.1 Å². The van der Waals surface area contributed by atoms with E-state index >= 15 is 0 Å². The third kappa shape index (κ3) is 3.29. The molecule has 0 aromatic heterocycles. The van der Waals surface area contributed by atoms with Crippen LogP contribution in [-0.4, -0.2) is 21.6 Å². The monoisotopic (exact) mass is 393 g/mol. The lowest BCUT2D eigenvalue weighted by molar-refractivity contribution is 0.224. The summed E-state index contributed by atoms with van der Waals surface area (Å²) in [5, 5.41) is 0.633. The van der Waals surface area contributed by atoms with E-state index in [1.54, 1.807) is 24.3 Å². The van der Waals surface area contributed by atoms with Gasteiger partial charge in [0.2, 0.25) is 10.0 Å². The normalized spacial score (nSPS) is 18.7. The summed E-state index contributed by atoms with van der Waals surface area (Å²) >= 11 is 5.97. The van der Waals surface area contributed by atoms with Gasteiger partial charge in [-0.2, -0.15) is 0 Å². The molecule has 0 unspecified atom stereocenters. The lowest BCUT2D eigenvalue weighted by atomic mass is 9.73. The first-order valence-corrected chi connectivity index (χ1v) is 10.5. The van der Waals surface area contributed by atoms with E-state index < -0.39 is 15.6 Å². The van der Waals surface area contributed by atoms with Crippen molar-refractivity contribution >= 4 is 21.6 Å². The van der Waals surface area contributed by atoms with Gasteiger partial charge in [-0.15, -0.1) is 0 Å². The first-order valence-electron chi connectivity index (χ1n) is 8.68. The van der Waals surface area contributed by atoms with Crippen LogP contribution in [-0.2, 0) is 15.6 Å². The molecule has 2 aromatic rings. The maximum absolute atomic E-state index is 13.0. The highest BCUT2D eigenvalue weighted by atomic mass is 35.5. The minimum absolute atomic E-state index is 0.182. The van der Waals surface area contributed by atoms with E-state index in [9.17, 15) is 8.42 Å². The van der Waals surface area contributed by atoms with Crippen molar-refractivity contribution in [2.24, 2.45) is 0 Å². The highest BCUT2D eigenvalue weighted by Gasteiger charge is 2.42. The molecule has 1 aliphatic carbocycles. The predicted molar refractivity (Wildman–Crippen MR) is 99.4 cm³/mol. The molecule has 138 valence electrons. The van der Waals surface area contributed by atoms with Gasteiger partial charge in [-0.25, -0.2) is 13.1 Å². The number of halogens is 1. The molecule has 0 radical (unpaired) electrons. The van der Waals surface area contributed by atoms with E-state index in [1.165, 1.54) is 6.07 Å². The van der Waals surface area contributed by atoms with Gasteiger partial charge in [0.1, 0.15) is 0 Å². The van der Waals surface area contributed by atoms with Crippen LogP contribution in [0.2, 0.25) is 5.02 Å². The van der Waals surface area contributed by atoms with Crippen molar-refractivity contribution in [2.45, 2.75) is 36.1 Å². The standard InChI is InChI=1S/C19H20ClNO4S/c20-15-5-3-14(4-6-15)19(9-1-10-19)21-26(22,23)16-7-8-17-18(13-16)25-12-2-11-24-17/h3-8,13,21H,1-2,9-12H2. The maximum Gasteiger partial charge on any atom is 0.241 e. The fraction of sp³-hybridized carbons (Fsp3) is 0.368. The number of nitrogens with one attached hydrogen (secondary N) is 1. The number of hydrogen-bond acceptors (Lipinski definition) is 4. The first kappa shape index (κ1) is 17.6.